The first-order valence-corrected chi connectivity index (χ1v) is 15.7. The topological polar surface area (TPSA) is 125 Å². The lowest BCUT2D eigenvalue weighted by molar-refractivity contribution is -0.132. The number of carbonyl (C=O) groups is 5. The molecule has 10 heteroatoms. The van der Waals surface area contributed by atoms with Crippen molar-refractivity contribution in [1.29, 1.82) is 0 Å². The van der Waals surface area contributed by atoms with Gasteiger partial charge in [-0.05, 0) is 42.7 Å². The van der Waals surface area contributed by atoms with Crippen molar-refractivity contribution >= 4 is 40.5 Å². The number of benzene rings is 2. The Morgan fingerprint density at radius 2 is 1.47 bits per heavy atom. The third kappa shape index (κ3) is 9.24. The molecule has 1 aliphatic rings. The van der Waals surface area contributed by atoms with Gasteiger partial charge in [-0.2, -0.15) is 0 Å². The Hall–Kier alpha value is -3.50. The molecular formula is C33H44N4O5S. The molecule has 0 spiro atoms. The van der Waals surface area contributed by atoms with Crippen molar-refractivity contribution in [3.05, 3.63) is 71.3 Å². The van der Waals surface area contributed by atoms with Gasteiger partial charge in [0.25, 0.3) is 11.8 Å². The minimum absolute atomic E-state index is 0.0922. The maximum absolute atomic E-state index is 13.5. The van der Waals surface area contributed by atoms with Crippen LogP contribution in [0, 0.1) is 11.3 Å². The lowest BCUT2D eigenvalue weighted by Gasteiger charge is -2.32. The van der Waals surface area contributed by atoms with Gasteiger partial charge >= 0.3 is 0 Å². The van der Waals surface area contributed by atoms with Crippen LogP contribution in [0.3, 0.4) is 0 Å². The molecule has 0 aliphatic carbocycles. The van der Waals surface area contributed by atoms with Crippen molar-refractivity contribution in [1.82, 2.24) is 20.9 Å². The Kier molecular flexibility index (Phi) is 12.1. The van der Waals surface area contributed by atoms with Gasteiger partial charge in [-0.3, -0.25) is 28.9 Å². The molecule has 0 unspecified atom stereocenters. The SMILES string of the molecule is CNC(=O)[C@@H](NC(=O)[C@H](CC(C)C)NC[C@H](CCCN1C(=O)c2ccccc2C1=O)SC(=O)c1ccccc1)C(C)(C)C. The van der Waals surface area contributed by atoms with Gasteiger partial charge in [-0.15, -0.1) is 0 Å². The number of imide groups is 1. The first kappa shape index (κ1) is 34.0. The highest BCUT2D eigenvalue weighted by Crippen LogP contribution is 2.26. The van der Waals surface area contributed by atoms with Crippen LogP contribution < -0.4 is 16.0 Å². The number of nitrogens with zero attached hydrogens (tertiary/aromatic N) is 1. The van der Waals surface area contributed by atoms with Gasteiger partial charge in [0.05, 0.1) is 17.2 Å². The van der Waals surface area contributed by atoms with E-state index in [1.54, 1.807) is 43.4 Å². The Balaban J connectivity index is 1.72. The lowest BCUT2D eigenvalue weighted by atomic mass is 9.85. The number of carbonyl (C=O) groups excluding carboxylic acids is 5. The van der Waals surface area contributed by atoms with Crippen molar-refractivity contribution in [2.24, 2.45) is 11.3 Å². The Labute approximate surface area is 258 Å². The van der Waals surface area contributed by atoms with Crippen molar-refractivity contribution in [3.63, 3.8) is 0 Å². The molecule has 1 heterocycles. The summed E-state index contributed by atoms with van der Waals surface area (Å²) < 4.78 is 0. The van der Waals surface area contributed by atoms with E-state index in [9.17, 15) is 24.0 Å². The highest BCUT2D eigenvalue weighted by molar-refractivity contribution is 8.14. The van der Waals surface area contributed by atoms with Crippen LogP contribution in [0.2, 0.25) is 0 Å². The maximum atomic E-state index is 13.5. The van der Waals surface area contributed by atoms with Gasteiger partial charge in [0.15, 0.2) is 0 Å². The molecule has 3 N–H and O–H groups in total. The molecule has 0 saturated heterocycles. The first-order chi connectivity index (χ1) is 20.3. The van der Waals surface area contributed by atoms with Gasteiger partial charge in [-0.1, -0.05) is 88.8 Å². The number of likely N-dealkylation sites (N-methyl/N-ethyl adjacent to an activating group) is 1. The molecule has 2 aromatic carbocycles. The van der Waals surface area contributed by atoms with Gasteiger partial charge in [0.2, 0.25) is 16.9 Å². The zero-order valence-corrected chi connectivity index (χ0v) is 26.8. The summed E-state index contributed by atoms with van der Waals surface area (Å²) in [5.41, 5.74) is 0.898. The fourth-order valence-electron chi connectivity index (χ4n) is 5.01. The van der Waals surface area contributed by atoms with Crippen molar-refractivity contribution in [3.8, 4) is 0 Å². The fourth-order valence-corrected chi connectivity index (χ4v) is 6.05. The second-order valence-electron chi connectivity index (χ2n) is 12.4. The molecule has 3 rings (SSSR count). The van der Waals surface area contributed by atoms with E-state index in [-0.39, 0.29) is 46.5 Å². The third-order valence-corrected chi connectivity index (χ3v) is 8.53. The van der Waals surface area contributed by atoms with E-state index < -0.39 is 17.5 Å². The van der Waals surface area contributed by atoms with E-state index >= 15 is 0 Å². The van der Waals surface area contributed by atoms with E-state index in [1.807, 2.05) is 52.8 Å². The zero-order valence-electron chi connectivity index (χ0n) is 25.9. The van der Waals surface area contributed by atoms with E-state index in [4.69, 9.17) is 0 Å². The van der Waals surface area contributed by atoms with Gasteiger partial charge in [0, 0.05) is 31.0 Å². The normalized spacial score (nSPS) is 15.2. The Morgan fingerprint density at radius 1 is 0.884 bits per heavy atom. The fraction of sp³-hybridized carbons (Fsp3) is 0.485. The van der Waals surface area contributed by atoms with E-state index in [0.29, 0.717) is 42.5 Å². The third-order valence-electron chi connectivity index (χ3n) is 7.35. The predicted octanol–water partition coefficient (Wildman–Crippen LogP) is 4.29. The summed E-state index contributed by atoms with van der Waals surface area (Å²) in [6, 6.07) is 14.5. The molecule has 0 aromatic heterocycles. The maximum Gasteiger partial charge on any atom is 0.261 e. The first-order valence-electron chi connectivity index (χ1n) is 14.8. The Bertz CT molecular complexity index is 1270. The van der Waals surface area contributed by atoms with Crippen molar-refractivity contribution < 1.29 is 24.0 Å². The van der Waals surface area contributed by atoms with Crippen molar-refractivity contribution in [2.75, 3.05) is 20.1 Å². The van der Waals surface area contributed by atoms with Crippen LogP contribution in [-0.4, -0.2) is 71.1 Å². The monoisotopic (exact) mass is 608 g/mol. The molecule has 0 saturated carbocycles. The number of hydrogen-bond donors (Lipinski definition) is 3. The summed E-state index contributed by atoms with van der Waals surface area (Å²) >= 11 is 1.18. The minimum Gasteiger partial charge on any atom is -0.357 e. The molecule has 0 bridgehead atoms. The lowest BCUT2D eigenvalue weighted by Crippen LogP contribution is -2.57. The summed E-state index contributed by atoms with van der Waals surface area (Å²) in [4.78, 5) is 66.1. The van der Waals surface area contributed by atoms with E-state index in [0.717, 1.165) is 0 Å². The second-order valence-corrected chi connectivity index (χ2v) is 13.6. The van der Waals surface area contributed by atoms with Gasteiger partial charge in [0.1, 0.15) is 6.04 Å². The van der Waals surface area contributed by atoms with Crippen LogP contribution in [0.1, 0.15) is 85.0 Å². The molecule has 0 radical (unpaired) electrons. The van der Waals surface area contributed by atoms with Crippen LogP contribution in [0.15, 0.2) is 54.6 Å². The molecule has 2 aromatic rings. The molecule has 43 heavy (non-hydrogen) atoms. The molecule has 232 valence electrons. The number of thioether (sulfide) groups is 1. The number of fused-ring (bicyclic) bond motifs is 1. The standard InChI is InChI=1S/C33H44N4O5S/c1-21(2)19-26(28(38)36-27(29(39)34-6)33(3,4)5)35-20-23(43-32(42)22-13-8-7-9-14-22)15-12-18-37-30(40)24-16-10-11-17-25(24)31(37)41/h7-11,13-14,16-17,21,23,26-27,35H,12,15,18-20H2,1-6H3,(H,34,39)(H,36,38)/t23-,26-,27+/m0/s1. The molecular weight excluding hydrogens is 564 g/mol. The molecule has 3 atom stereocenters. The smallest absolute Gasteiger partial charge is 0.261 e. The van der Waals surface area contributed by atoms with E-state index in [1.165, 1.54) is 16.7 Å². The average molecular weight is 609 g/mol. The summed E-state index contributed by atoms with van der Waals surface area (Å²) in [5.74, 6) is -0.953. The zero-order chi connectivity index (χ0) is 31.7. The van der Waals surface area contributed by atoms with E-state index in [2.05, 4.69) is 16.0 Å². The second kappa shape index (κ2) is 15.3. The molecule has 1 aliphatic heterocycles. The van der Waals surface area contributed by atoms with Crippen LogP contribution in [0.4, 0.5) is 0 Å². The predicted molar refractivity (Wildman–Crippen MR) is 170 cm³/mol. The summed E-state index contributed by atoms with van der Waals surface area (Å²) in [6.07, 6.45) is 1.56. The molecule has 9 nitrogen and oxygen atoms in total. The number of nitrogens with one attached hydrogen (secondary N) is 3. The summed E-state index contributed by atoms with van der Waals surface area (Å²) in [5, 5.41) is 8.61. The van der Waals surface area contributed by atoms with Gasteiger partial charge in [-0.25, -0.2) is 0 Å². The molecule has 4 amide bonds. The average Bonchev–Trinajstić information content (AvgIpc) is 3.21. The number of amides is 4. The Morgan fingerprint density at radius 3 is 2.00 bits per heavy atom. The summed E-state index contributed by atoms with van der Waals surface area (Å²) in [7, 11) is 1.55. The summed E-state index contributed by atoms with van der Waals surface area (Å²) in [6.45, 7) is 10.3. The number of hydrogen-bond acceptors (Lipinski definition) is 7. The van der Waals surface area contributed by atoms with Crippen molar-refractivity contribution in [2.45, 2.75) is 71.2 Å². The van der Waals surface area contributed by atoms with Crippen LogP contribution in [-0.2, 0) is 9.59 Å². The van der Waals surface area contributed by atoms with Crippen LogP contribution in [0.25, 0.3) is 0 Å². The minimum atomic E-state index is -0.717. The van der Waals surface area contributed by atoms with Gasteiger partial charge < -0.3 is 16.0 Å². The van der Waals surface area contributed by atoms with Crippen LogP contribution >= 0.6 is 11.8 Å². The highest BCUT2D eigenvalue weighted by Gasteiger charge is 2.36. The quantitative estimate of drug-likeness (QED) is 0.274. The number of rotatable bonds is 14. The largest absolute Gasteiger partial charge is 0.357 e. The highest BCUT2D eigenvalue weighted by atomic mass is 32.2. The molecule has 0 fully saturated rings. The van der Waals surface area contributed by atoms with Crippen LogP contribution in [0.5, 0.6) is 0 Å².